The molecule has 0 bridgehead atoms. The van der Waals surface area contributed by atoms with Crippen molar-refractivity contribution in [3.63, 3.8) is 0 Å². The average Bonchev–Trinajstić information content (AvgIpc) is 2.32. The van der Waals surface area contributed by atoms with E-state index in [1.165, 1.54) is 12.1 Å². The highest BCUT2D eigenvalue weighted by Gasteiger charge is 2.11. The summed E-state index contributed by atoms with van der Waals surface area (Å²) in [6.45, 7) is 3.94. The van der Waals surface area contributed by atoms with Gasteiger partial charge in [0.2, 0.25) is 0 Å². The van der Waals surface area contributed by atoms with E-state index in [9.17, 15) is 4.39 Å². The van der Waals surface area contributed by atoms with E-state index in [-0.39, 0.29) is 11.9 Å². The minimum Gasteiger partial charge on any atom is -0.377 e. The molecule has 0 fully saturated rings. The lowest BCUT2D eigenvalue weighted by atomic mass is 10.1. The van der Waals surface area contributed by atoms with Gasteiger partial charge < -0.3 is 5.32 Å². The average molecular weight is 298 g/mol. The van der Waals surface area contributed by atoms with Crippen LogP contribution in [0.3, 0.4) is 0 Å². The van der Waals surface area contributed by atoms with Crippen LogP contribution >= 0.6 is 23.2 Å². The lowest BCUT2D eigenvalue weighted by Gasteiger charge is -2.18. The van der Waals surface area contributed by atoms with E-state index in [0.717, 1.165) is 16.8 Å². The first-order valence-corrected chi connectivity index (χ1v) is 6.70. The molecule has 0 heterocycles. The van der Waals surface area contributed by atoms with Gasteiger partial charge >= 0.3 is 0 Å². The fraction of sp³-hybridized carbons (Fsp3) is 0.200. The maximum atomic E-state index is 13.0. The first-order chi connectivity index (χ1) is 8.97. The van der Waals surface area contributed by atoms with Crippen LogP contribution in [0.1, 0.15) is 24.1 Å². The van der Waals surface area contributed by atoms with Gasteiger partial charge in [-0.25, -0.2) is 4.39 Å². The summed E-state index contributed by atoms with van der Waals surface area (Å²) >= 11 is 12.2. The van der Waals surface area contributed by atoms with Crippen LogP contribution in [0.2, 0.25) is 10.0 Å². The second-order valence-electron chi connectivity index (χ2n) is 4.52. The molecule has 0 aromatic heterocycles. The summed E-state index contributed by atoms with van der Waals surface area (Å²) in [5.41, 5.74) is 2.77. The first-order valence-electron chi connectivity index (χ1n) is 5.95. The predicted octanol–water partition coefficient (Wildman–Crippen LogP) is 5.61. The van der Waals surface area contributed by atoms with Crippen LogP contribution in [-0.4, -0.2) is 0 Å². The van der Waals surface area contributed by atoms with Crippen molar-refractivity contribution in [1.82, 2.24) is 0 Å². The Morgan fingerprint density at radius 1 is 1.05 bits per heavy atom. The van der Waals surface area contributed by atoms with Gasteiger partial charge in [-0.2, -0.15) is 0 Å². The van der Waals surface area contributed by atoms with Crippen LogP contribution in [0, 0.1) is 12.7 Å². The summed E-state index contributed by atoms with van der Waals surface area (Å²) in [6, 6.07) is 10.1. The molecule has 0 amide bonds. The Labute approximate surface area is 122 Å². The zero-order valence-electron chi connectivity index (χ0n) is 10.7. The molecule has 0 saturated carbocycles. The molecule has 1 unspecified atom stereocenters. The molecular weight excluding hydrogens is 284 g/mol. The molecule has 0 radical (unpaired) electrons. The number of halogens is 3. The number of aryl methyl sites for hydroxylation is 1. The molecule has 0 aliphatic heterocycles. The summed E-state index contributed by atoms with van der Waals surface area (Å²) in [7, 11) is 0. The quantitative estimate of drug-likeness (QED) is 0.776. The highest BCUT2D eigenvalue weighted by molar-refractivity contribution is 6.33. The zero-order chi connectivity index (χ0) is 14.0. The van der Waals surface area contributed by atoms with Crippen molar-refractivity contribution < 1.29 is 4.39 Å². The maximum absolute atomic E-state index is 13.0. The van der Waals surface area contributed by atoms with Crippen molar-refractivity contribution in [2.24, 2.45) is 0 Å². The normalized spacial score (nSPS) is 12.3. The summed E-state index contributed by atoms with van der Waals surface area (Å²) in [6.07, 6.45) is 0. The van der Waals surface area contributed by atoms with E-state index in [2.05, 4.69) is 5.32 Å². The minimum atomic E-state index is -0.339. The Hall–Kier alpha value is -1.25. The van der Waals surface area contributed by atoms with Crippen LogP contribution < -0.4 is 5.32 Å². The maximum Gasteiger partial charge on any atom is 0.124 e. The topological polar surface area (TPSA) is 12.0 Å². The number of benzene rings is 2. The molecule has 0 aliphatic rings. The number of nitrogens with one attached hydrogen (secondary N) is 1. The van der Waals surface area contributed by atoms with Gasteiger partial charge in [-0.15, -0.1) is 0 Å². The van der Waals surface area contributed by atoms with Gasteiger partial charge in [-0.05, 0) is 49.2 Å². The van der Waals surface area contributed by atoms with E-state index < -0.39 is 0 Å². The Morgan fingerprint density at radius 3 is 2.42 bits per heavy atom. The standard InChI is InChI=1S/C15H14Cl2FN/c1-9-3-6-15(14(17)7-9)19-10(2)12-5-4-11(18)8-13(12)16/h3-8,10,19H,1-2H3. The Balaban J connectivity index is 2.23. The second-order valence-corrected chi connectivity index (χ2v) is 5.33. The monoisotopic (exact) mass is 297 g/mol. The molecule has 2 aromatic carbocycles. The summed E-state index contributed by atoms with van der Waals surface area (Å²) in [5, 5.41) is 4.34. The predicted molar refractivity (Wildman–Crippen MR) is 79.6 cm³/mol. The third-order valence-electron chi connectivity index (χ3n) is 2.93. The van der Waals surface area contributed by atoms with E-state index >= 15 is 0 Å². The van der Waals surface area contributed by atoms with Crippen LogP contribution in [0.4, 0.5) is 10.1 Å². The molecule has 1 N–H and O–H groups in total. The van der Waals surface area contributed by atoms with Gasteiger partial charge in [0.15, 0.2) is 0 Å². The molecule has 1 nitrogen and oxygen atoms in total. The van der Waals surface area contributed by atoms with Crippen molar-refractivity contribution in [3.05, 3.63) is 63.4 Å². The molecule has 1 atom stereocenters. The number of hydrogen-bond acceptors (Lipinski definition) is 1. The lowest BCUT2D eigenvalue weighted by Crippen LogP contribution is -2.07. The second kappa shape index (κ2) is 5.81. The fourth-order valence-corrected chi connectivity index (χ4v) is 2.52. The van der Waals surface area contributed by atoms with E-state index in [0.29, 0.717) is 10.0 Å². The first kappa shape index (κ1) is 14.2. The molecule has 2 rings (SSSR count). The van der Waals surface area contributed by atoms with Gasteiger partial charge in [0, 0.05) is 5.02 Å². The summed E-state index contributed by atoms with van der Waals surface area (Å²) in [4.78, 5) is 0. The molecule has 0 saturated heterocycles. The largest absolute Gasteiger partial charge is 0.377 e. The number of anilines is 1. The van der Waals surface area contributed by atoms with Crippen molar-refractivity contribution >= 4 is 28.9 Å². The van der Waals surface area contributed by atoms with Gasteiger partial charge in [-0.3, -0.25) is 0 Å². The minimum absolute atomic E-state index is 0.0618. The van der Waals surface area contributed by atoms with Gasteiger partial charge in [0.25, 0.3) is 0 Å². The van der Waals surface area contributed by atoms with E-state index in [4.69, 9.17) is 23.2 Å². The Kier molecular flexibility index (Phi) is 4.33. The number of rotatable bonds is 3. The third kappa shape index (κ3) is 3.40. The summed E-state index contributed by atoms with van der Waals surface area (Å²) < 4.78 is 13.0. The smallest absolute Gasteiger partial charge is 0.124 e. The highest BCUT2D eigenvalue weighted by atomic mass is 35.5. The number of hydrogen-bond donors (Lipinski definition) is 1. The van der Waals surface area contributed by atoms with Crippen LogP contribution in [0.25, 0.3) is 0 Å². The van der Waals surface area contributed by atoms with Gasteiger partial charge in [0.1, 0.15) is 5.82 Å². The van der Waals surface area contributed by atoms with Crippen molar-refractivity contribution in [1.29, 1.82) is 0 Å². The zero-order valence-corrected chi connectivity index (χ0v) is 12.2. The molecule has 19 heavy (non-hydrogen) atoms. The molecule has 4 heteroatoms. The fourth-order valence-electron chi connectivity index (χ4n) is 1.90. The van der Waals surface area contributed by atoms with Gasteiger partial charge in [0.05, 0.1) is 16.8 Å². The van der Waals surface area contributed by atoms with E-state index in [1.54, 1.807) is 6.07 Å². The lowest BCUT2D eigenvalue weighted by molar-refractivity contribution is 0.626. The molecule has 2 aromatic rings. The Morgan fingerprint density at radius 2 is 1.79 bits per heavy atom. The van der Waals surface area contributed by atoms with Gasteiger partial charge in [-0.1, -0.05) is 35.3 Å². The van der Waals surface area contributed by atoms with Crippen LogP contribution in [-0.2, 0) is 0 Å². The van der Waals surface area contributed by atoms with E-state index in [1.807, 2.05) is 32.0 Å². The van der Waals surface area contributed by atoms with Crippen molar-refractivity contribution in [2.45, 2.75) is 19.9 Å². The van der Waals surface area contributed by atoms with Crippen molar-refractivity contribution in [3.8, 4) is 0 Å². The summed E-state index contributed by atoms with van der Waals surface area (Å²) in [5.74, 6) is -0.339. The van der Waals surface area contributed by atoms with Crippen LogP contribution in [0.15, 0.2) is 36.4 Å². The molecule has 0 spiro atoms. The highest BCUT2D eigenvalue weighted by Crippen LogP contribution is 2.30. The van der Waals surface area contributed by atoms with Crippen LogP contribution in [0.5, 0.6) is 0 Å². The SMILES string of the molecule is Cc1ccc(NC(C)c2ccc(F)cc2Cl)c(Cl)c1. The molecular formula is C15H14Cl2FN. The Bertz CT molecular complexity index is 599. The third-order valence-corrected chi connectivity index (χ3v) is 3.57. The molecule has 0 aliphatic carbocycles. The molecule has 100 valence electrons. The van der Waals surface area contributed by atoms with Crippen molar-refractivity contribution in [2.75, 3.05) is 5.32 Å².